The highest BCUT2D eigenvalue weighted by Crippen LogP contribution is 2.08. The van der Waals surface area contributed by atoms with Crippen molar-refractivity contribution < 1.29 is 9.84 Å². The molecule has 1 fully saturated rings. The minimum Gasteiger partial charge on any atom is -0.390 e. The van der Waals surface area contributed by atoms with Gasteiger partial charge in [-0.05, 0) is 12.5 Å². The smallest absolute Gasteiger partial charge is 0.0862 e. The number of hydrogen-bond acceptors (Lipinski definition) is 4. The van der Waals surface area contributed by atoms with Crippen LogP contribution >= 0.6 is 0 Å². The Morgan fingerprint density at radius 2 is 2.41 bits per heavy atom. The molecule has 1 aromatic heterocycles. The second-order valence-electron chi connectivity index (χ2n) is 4.54. The van der Waals surface area contributed by atoms with Gasteiger partial charge in [0.1, 0.15) is 0 Å². The summed E-state index contributed by atoms with van der Waals surface area (Å²) < 4.78 is 7.37. The molecule has 0 saturated carbocycles. The van der Waals surface area contributed by atoms with Gasteiger partial charge in [-0.2, -0.15) is 5.10 Å². The van der Waals surface area contributed by atoms with Gasteiger partial charge in [-0.15, -0.1) is 0 Å². The molecule has 0 spiro atoms. The van der Waals surface area contributed by atoms with Crippen molar-refractivity contribution in [2.24, 2.45) is 0 Å². The topological polar surface area (TPSA) is 50.5 Å². The van der Waals surface area contributed by atoms with Gasteiger partial charge in [-0.1, -0.05) is 6.92 Å². The molecule has 2 atom stereocenters. The standard InChI is InChI=1S/C12H21N3O2/c1-2-12-10-14(6-7-17-12)8-11(16)9-15-5-3-4-13-15/h3-5,11-12,16H,2,6-10H2,1H3/t11-,12-/m0/s1. The summed E-state index contributed by atoms with van der Waals surface area (Å²) in [6.07, 6.45) is 4.59. The highest BCUT2D eigenvalue weighted by molar-refractivity contribution is 4.79. The van der Waals surface area contributed by atoms with Crippen molar-refractivity contribution >= 4 is 0 Å². The molecule has 1 saturated heterocycles. The van der Waals surface area contributed by atoms with Crippen LogP contribution in [-0.2, 0) is 11.3 Å². The summed E-state index contributed by atoms with van der Waals surface area (Å²) in [5.74, 6) is 0. The molecule has 0 bridgehead atoms. The first-order valence-corrected chi connectivity index (χ1v) is 6.27. The summed E-state index contributed by atoms with van der Waals surface area (Å²) in [5.41, 5.74) is 0. The van der Waals surface area contributed by atoms with E-state index in [1.54, 1.807) is 10.9 Å². The van der Waals surface area contributed by atoms with E-state index >= 15 is 0 Å². The van der Waals surface area contributed by atoms with Crippen molar-refractivity contribution in [3.63, 3.8) is 0 Å². The van der Waals surface area contributed by atoms with Crippen LogP contribution in [0.15, 0.2) is 18.5 Å². The minimum absolute atomic E-state index is 0.320. The molecule has 2 rings (SSSR count). The lowest BCUT2D eigenvalue weighted by molar-refractivity contribution is -0.0431. The van der Waals surface area contributed by atoms with Crippen LogP contribution < -0.4 is 0 Å². The summed E-state index contributed by atoms with van der Waals surface area (Å²) >= 11 is 0. The van der Waals surface area contributed by atoms with Crippen LogP contribution in [0.2, 0.25) is 0 Å². The van der Waals surface area contributed by atoms with Gasteiger partial charge in [0.15, 0.2) is 0 Å². The average Bonchev–Trinajstić information content (AvgIpc) is 2.82. The van der Waals surface area contributed by atoms with Crippen LogP contribution in [0.4, 0.5) is 0 Å². The third-order valence-corrected chi connectivity index (χ3v) is 3.10. The van der Waals surface area contributed by atoms with Crippen LogP contribution in [0.5, 0.6) is 0 Å². The Morgan fingerprint density at radius 3 is 3.12 bits per heavy atom. The molecule has 96 valence electrons. The van der Waals surface area contributed by atoms with E-state index in [9.17, 15) is 5.11 Å². The third-order valence-electron chi connectivity index (χ3n) is 3.10. The fraction of sp³-hybridized carbons (Fsp3) is 0.750. The molecule has 1 N–H and O–H groups in total. The van der Waals surface area contributed by atoms with Gasteiger partial charge in [-0.25, -0.2) is 0 Å². The van der Waals surface area contributed by atoms with Crippen molar-refractivity contribution in [2.45, 2.75) is 32.1 Å². The number of morpholine rings is 1. The lowest BCUT2D eigenvalue weighted by Gasteiger charge is -2.33. The largest absolute Gasteiger partial charge is 0.390 e. The first-order chi connectivity index (χ1) is 8.28. The molecule has 2 heterocycles. The zero-order valence-electron chi connectivity index (χ0n) is 10.3. The number of nitrogens with zero attached hydrogens (tertiary/aromatic N) is 3. The van der Waals surface area contributed by atoms with Gasteiger partial charge in [0, 0.05) is 32.0 Å². The molecule has 0 radical (unpaired) electrons. The highest BCUT2D eigenvalue weighted by Gasteiger charge is 2.21. The maximum Gasteiger partial charge on any atom is 0.0862 e. The summed E-state index contributed by atoms with van der Waals surface area (Å²) in [4.78, 5) is 2.27. The zero-order chi connectivity index (χ0) is 12.1. The van der Waals surface area contributed by atoms with Crippen molar-refractivity contribution in [1.29, 1.82) is 0 Å². The molecule has 17 heavy (non-hydrogen) atoms. The Hall–Kier alpha value is -0.910. The lowest BCUT2D eigenvalue weighted by atomic mass is 10.2. The van der Waals surface area contributed by atoms with Crippen LogP contribution in [-0.4, -0.2) is 58.2 Å². The molecular weight excluding hydrogens is 218 g/mol. The summed E-state index contributed by atoms with van der Waals surface area (Å²) in [5, 5.41) is 14.1. The molecule has 5 heteroatoms. The van der Waals surface area contributed by atoms with Gasteiger partial charge in [0.05, 0.1) is 25.4 Å². The van der Waals surface area contributed by atoms with E-state index in [0.717, 1.165) is 26.1 Å². The average molecular weight is 239 g/mol. The number of hydrogen-bond donors (Lipinski definition) is 1. The molecule has 1 aliphatic rings. The van der Waals surface area contributed by atoms with Crippen LogP contribution in [0.3, 0.4) is 0 Å². The molecular formula is C12H21N3O2. The second kappa shape index (κ2) is 6.14. The number of aliphatic hydroxyl groups is 1. The zero-order valence-corrected chi connectivity index (χ0v) is 10.3. The number of rotatable bonds is 5. The molecule has 1 aromatic rings. The van der Waals surface area contributed by atoms with E-state index in [1.807, 2.05) is 12.3 Å². The Labute approximate surface area is 102 Å². The van der Waals surface area contributed by atoms with Gasteiger partial charge in [-0.3, -0.25) is 9.58 Å². The first kappa shape index (κ1) is 12.5. The highest BCUT2D eigenvalue weighted by atomic mass is 16.5. The minimum atomic E-state index is -0.370. The third kappa shape index (κ3) is 3.80. The molecule has 0 aliphatic carbocycles. The van der Waals surface area contributed by atoms with Crippen molar-refractivity contribution in [3.05, 3.63) is 18.5 Å². The van der Waals surface area contributed by atoms with E-state index in [-0.39, 0.29) is 6.10 Å². The predicted octanol–water partition coefficient (Wildman–Crippen LogP) is 0.355. The van der Waals surface area contributed by atoms with E-state index in [1.165, 1.54) is 0 Å². The van der Waals surface area contributed by atoms with Gasteiger partial charge < -0.3 is 9.84 Å². The van der Waals surface area contributed by atoms with E-state index in [4.69, 9.17) is 4.74 Å². The van der Waals surface area contributed by atoms with Crippen molar-refractivity contribution in [2.75, 3.05) is 26.2 Å². The van der Waals surface area contributed by atoms with Crippen LogP contribution in [0.25, 0.3) is 0 Å². The SMILES string of the molecule is CC[C@H]1CN(C[C@H](O)Cn2cccn2)CCO1. The number of aromatic nitrogens is 2. The summed E-state index contributed by atoms with van der Waals surface area (Å²) in [7, 11) is 0. The van der Waals surface area contributed by atoms with E-state index in [2.05, 4.69) is 16.9 Å². The second-order valence-corrected chi connectivity index (χ2v) is 4.54. The van der Waals surface area contributed by atoms with E-state index < -0.39 is 0 Å². The van der Waals surface area contributed by atoms with Crippen molar-refractivity contribution in [1.82, 2.24) is 14.7 Å². The van der Waals surface area contributed by atoms with Crippen LogP contribution in [0.1, 0.15) is 13.3 Å². The normalized spacial score (nSPS) is 23.8. The molecule has 0 unspecified atom stereocenters. The Balaban J connectivity index is 1.76. The van der Waals surface area contributed by atoms with Gasteiger partial charge >= 0.3 is 0 Å². The fourth-order valence-corrected chi connectivity index (χ4v) is 2.17. The molecule has 5 nitrogen and oxygen atoms in total. The van der Waals surface area contributed by atoms with Gasteiger partial charge in [0.2, 0.25) is 0 Å². The number of β-amino-alcohol motifs (C(OH)–C–C–N with tert-alkyl or cyclic N) is 1. The number of aliphatic hydroxyl groups excluding tert-OH is 1. The summed E-state index contributed by atoms with van der Waals surface area (Å²) in [6.45, 7) is 5.99. The molecule has 1 aliphatic heterocycles. The predicted molar refractivity (Wildman–Crippen MR) is 64.7 cm³/mol. The first-order valence-electron chi connectivity index (χ1n) is 6.27. The number of ether oxygens (including phenoxy) is 1. The molecule has 0 amide bonds. The summed E-state index contributed by atoms with van der Waals surface area (Å²) in [6, 6.07) is 1.87. The monoisotopic (exact) mass is 239 g/mol. The maximum atomic E-state index is 9.99. The quantitative estimate of drug-likeness (QED) is 0.806. The Bertz CT molecular complexity index is 316. The van der Waals surface area contributed by atoms with Crippen LogP contribution in [0, 0.1) is 0 Å². The Kier molecular flexibility index (Phi) is 4.53. The van der Waals surface area contributed by atoms with Gasteiger partial charge in [0.25, 0.3) is 0 Å². The van der Waals surface area contributed by atoms with E-state index in [0.29, 0.717) is 19.2 Å². The Morgan fingerprint density at radius 1 is 1.53 bits per heavy atom. The fourth-order valence-electron chi connectivity index (χ4n) is 2.17. The van der Waals surface area contributed by atoms with Crippen molar-refractivity contribution in [3.8, 4) is 0 Å². The molecule has 0 aromatic carbocycles. The lowest BCUT2D eigenvalue weighted by Crippen LogP contribution is -2.46. The maximum absolute atomic E-state index is 9.99.